The van der Waals surface area contributed by atoms with Gasteiger partial charge in [0.2, 0.25) is 7.12 Å². The molecule has 1 amide bonds. The van der Waals surface area contributed by atoms with Gasteiger partial charge in [0.1, 0.15) is 5.60 Å². The number of thiol groups is 1. The molecule has 6 nitrogen and oxygen atoms in total. The lowest BCUT2D eigenvalue weighted by atomic mass is 9.96. The predicted octanol–water partition coefficient (Wildman–Crippen LogP) is 2.78. The molecule has 9 heteroatoms. The molecule has 156 valence electrons. The van der Waals surface area contributed by atoms with Crippen LogP contribution in [-0.2, 0) is 21.1 Å². The molecule has 2 N–H and O–H groups in total. The van der Waals surface area contributed by atoms with Crippen LogP contribution in [0.15, 0.2) is 29.6 Å². The van der Waals surface area contributed by atoms with Gasteiger partial charge >= 0.3 is 6.09 Å². The number of hydrogen-bond acceptors (Lipinski definition) is 5. The minimum absolute atomic E-state index is 0.00857. The van der Waals surface area contributed by atoms with Crippen LogP contribution < -0.4 is 10.0 Å². The summed E-state index contributed by atoms with van der Waals surface area (Å²) < 4.78 is 20.3. The molecule has 0 aliphatic carbocycles. The molecular weight excluding hydrogens is 405 g/mol. The van der Waals surface area contributed by atoms with Crippen LogP contribution in [-0.4, -0.2) is 34.6 Å². The topological polar surface area (TPSA) is 80.3 Å². The van der Waals surface area contributed by atoms with Crippen LogP contribution in [0.3, 0.4) is 0 Å². The molecule has 0 spiro atoms. The average molecular weight is 433 g/mol. The van der Waals surface area contributed by atoms with E-state index in [1.807, 2.05) is 57.3 Å². The summed E-state index contributed by atoms with van der Waals surface area (Å²) in [6, 6.07) is 7.62. The van der Waals surface area contributed by atoms with Gasteiger partial charge in [0, 0.05) is 23.5 Å². The van der Waals surface area contributed by atoms with Gasteiger partial charge in [0.05, 0.1) is 10.7 Å². The summed E-state index contributed by atoms with van der Waals surface area (Å²) in [7, 11) is -1.30. The summed E-state index contributed by atoms with van der Waals surface area (Å²) in [6.45, 7) is 7.87. The Hall–Kier alpha value is -2.31. The zero-order valence-corrected chi connectivity index (χ0v) is 19.2. The Balaban J connectivity index is 2.09. The van der Waals surface area contributed by atoms with E-state index in [0.717, 1.165) is 16.3 Å². The highest BCUT2D eigenvalue weighted by atomic mass is 32.2. The Morgan fingerprint density at radius 1 is 1.38 bits per heavy atom. The number of rotatable bonds is 7. The van der Waals surface area contributed by atoms with Crippen molar-refractivity contribution in [2.45, 2.75) is 45.6 Å². The number of thiazole rings is 1. The first kappa shape index (κ1) is 23.0. The number of carbonyl (C=O) groups is 1. The number of benzene rings is 1. The van der Waals surface area contributed by atoms with Crippen LogP contribution in [0.25, 0.3) is 0 Å². The molecule has 2 rings (SSSR count). The molecule has 0 saturated carbocycles. The first-order chi connectivity index (χ1) is 13.5. The van der Waals surface area contributed by atoms with Gasteiger partial charge in [-0.15, -0.1) is 17.8 Å². The van der Waals surface area contributed by atoms with Crippen molar-refractivity contribution < 1.29 is 13.7 Å². The van der Waals surface area contributed by atoms with E-state index in [9.17, 15) is 9.00 Å². The van der Waals surface area contributed by atoms with E-state index in [0.29, 0.717) is 18.7 Å². The van der Waals surface area contributed by atoms with Crippen LogP contribution in [0.1, 0.15) is 43.0 Å². The number of terminal acetylenes is 1. The fourth-order valence-electron chi connectivity index (χ4n) is 2.65. The van der Waals surface area contributed by atoms with Crippen LogP contribution in [0, 0.1) is 18.6 Å². The molecule has 1 unspecified atom stereocenters. The fraction of sp³-hybridized carbons (Fsp3) is 0.400. The number of anilines is 1. The van der Waals surface area contributed by atoms with E-state index in [1.165, 1.54) is 7.12 Å². The smallest absolute Gasteiger partial charge is 0.407 e. The Bertz CT molecular complexity index is 930. The molecule has 0 bridgehead atoms. The first-order valence-corrected chi connectivity index (χ1v) is 12.3. The van der Waals surface area contributed by atoms with E-state index < -0.39 is 21.7 Å². The molecule has 1 atom stereocenters. The van der Waals surface area contributed by atoms with E-state index in [4.69, 9.17) is 11.2 Å². The fourth-order valence-corrected chi connectivity index (χ4v) is 4.05. The van der Waals surface area contributed by atoms with Crippen molar-refractivity contribution in [1.82, 2.24) is 10.3 Å². The third-order valence-corrected chi connectivity index (χ3v) is 5.94. The Morgan fingerprint density at radius 2 is 2.03 bits per heavy atom. The van der Waals surface area contributed by atoms with Crippen molar-refractivity contribution in [3.63, 3.8) is 0 Å². The summed E-state index contributed by atoms with van der Waals surface area (Å²) in [5, 5.41) is 8.14. The van der Waals surface area contributed by atoms with Gasteiger partial charge in [0.15, 0.2) is 0 Å². The number of aryl methyl sites for hydroxylation is 1. The van der Waals surface area contributed by atoms with Crippen molar-refractivity contribution >= 4 is 40.2 Å². The average Bonchev–Trinajstić information content (AvgIpc) is 3.04. The minimum Gasteiger partial charge on any atom is -0.444 e. The van der Waals surface area contributed by atoms with Crippen LogP contribution >= 0.6 is 11.3 Å². The van der Waals surface area contributed by atoms with Crippen molar-refractivity contribution in [3.05, 3.63) is 45.9 Å². The maximum absolute atomic E-state index is 12.1. The lowest BCUT2D eigenvalue weighted by Crippen LogP contribution is -2.35. The highest BCUT2D eigenvalue weighted by Crippen LogP contribution is 2.24. The number of nitrogens with one attached hydrogen (secondary N) is 2. The molecule has 2 aromatic rings. The first-order valence-electron chi connectivity index (χ1n) is 9.29. The van der Waals surface area contributed by atoms with Gasteiger partial charge in [-0.25, -0.2) is 9.78 Å². The van der Waals surface area contributed by atoms with Crippen LogP contribution in [0.2, 0.25) is 0 Å². The number of carbonyl (C=O) groups excluding carboxylic acids is 1. The van der Waals surface area contributed by atoms with Crippen LogP contribution in [0.4, 0.5) is 10.5 Å². The maximum atomic E-state index is 12.1. The monoisotopic (exact) mass is 433 g/mol. The normalized spacial score (nSPS) is 13.2. The summed E-state index contributed by atoms with van der Waals surface area (Å²) in [6.07, 6.45) is 5.54. The standard InChI is InChI=1S/C20H28BN3O3S2/c1-6-29(21,26)24-17-9-7-15(8-10-17)11-16(18-13-28-14(2)23-18)12-22-19(25)27-20(3,4)5/h1,7-10,13,16,29H,11-12,21H2,2-5H3,(H,22,25)(H,24,26). The number of ether oxygens (including phenoxy) is 1. The molecule has 0 aliphatic rings. The zero-order chi connectivity index (χ0) is 21.7. The molecule has 0 fully saturated rings. The van der Waals surface area contributed by atoms with Gasteiger partial charge in [-0.05, 0) is 67.0 Å². The molecule has 1 heterocycles. The predicted molar refractivity (Wildman–Crippen MR) is 125 cm³/mol. The van der Waals surface area contributed by atoms with Crippen molar-refractivity contribution in [3.8, 4) is 11.7 Å². The Labute approximate surface area is 178 Å². The molecule has 1 aromatic heterocycles. The molecule has 0 aliphatic heterocycles. The summed E-state index contributed by atoms with van der Waals surface area (Å²) in [5.74, 6) is 0.00857. The molecule has 0 radical (unpaired) electrons. The lowest BCUT2D eigenvalue weighted by molar-refractivity contribution is 0.0524. The van der Waals surface area contributed by atoms with E-state index in [-0.39, 0.29) is 5.92 Å². The van der Waals surface area contributed by atoms with Gasteiger partial charge < -0.3 is 14.8 Å². The van der Waals surface area contributed by atoms with Crippen molar-refractivity contribution in [1.29, 1.82) is 0 Å². The second-order valence-electron chi connectivity index (χ2n) is 7.94. The number of amides is 1. The molecular formula is C20H28BN3O3S2. The highest BCUT2D eigenvalue weighted by molar-refractivity contribution is 8.26. The third-order valence-electron chi connectivity index (χ3n) is 3.97. The van der Waals surface area contributed by atoms with Crippen molar-refractivity contribution in [2.24, 2.45) is 0 Å². The van der Waals surface area contributed by atoms with E-state index >= 15 is 0 Å². The summed E-state index contributed by atoms with van der Waals surface area (Å²) in [4.78, 5) is 16.6. The third kappa shape index (κ3) is 7.91. The number of alkyl carbamates (subject to hydrolysis) is 1. The molecule has 0 saturated heterocycles. The summed E-state index contributed by atoms with van der Waals surface area (Å²) in [5.41, 5.74) is 2.18. The van der Waals surface area contributed by atoms with Crippen LogP contribution in [0.5, 0.6) is 0 Å². The Morgan fingerprint density at radius 3 is 2.55 bits per heavy atom. The number of aromatic nitrogens is 1. The molecule has 1 aromatic carbocycles. The largest absolute Gasteiger partial charge is 0.444 e. The number of hydrogen-bond donors (Lipinski definition) is 3. The lowest BCUT2D eigenvalue weighted by Gasteiger charge is -2.22. The van der Waals surface area contributed by atoms with E-state index in [1.54, 1.807) is 11.3 Å². The summed E-state index contributed by atoms with van der Waals surface area (Å²) >= 11 is 1.58. The Kier molecular flexibility index (Phi) is 7.50. The quantitative estimate of drug-likeness (QED) is 0.357. The highest BCUT2D eigenvalue weighted by Gasteiger charge is 2.20. The molecule has 29 heavy (non-hydrogen) atoms. The SMILES string of the molecule is B[SH](=O)(C#C)Nc1ccc(CC(CNC(=O)OC(C)(C)C)c2csc(C)n2)cc1. The van der Waals surface area contributed by atoms with E-state index in [2.05, 4.69) is 20.3 Å². The van der Waals surface area contributed by atoms with Gasteiger partial charge in [-0.2, -0.15) is 0 Å². The van der Waals surface area contributed by atoms with Gasteiger partial charge in [0.25, 0.3) is 0 Å². The minimum atomic E-state index is -2.81. The second kappa shape index (κ2) is 9.46. The van der Waals surface area contributed by atoms with Gasteiger partial charge in [-0.3, -0.25) is 4.21 Å². The maximum Gasteiger partial charge on any atom is 0.407 e. The zero-order valence-electron chi connectivity index (χ0n) is 17.5. The second-order valence-corrected chi connectivity index (χ2v) is 11.3. The number of nitrogens with zero attached hydrogens (tertiary/aromatic N) is 1. The van der Waals surface area contributed by atoms with Crippen molar-refractivity contribution in [2.75, 3.05) is 11.3 Å². The van der Waals surface area contributed by atoms with Gasteiger partial charge in [-0.1, -0.05) is 12.1 Å².